The molecule has 0 spiro atoms. The zero-order valence-electron chi connectivity index (χ0n) is 8.79. The molecule has 0 unspecified atom stereocenters. The van der Waals surface area contributed by atoms with E-state index in [2.05, 4.69) is 15.2 Å². The highest BCUT2D eigenvalue weighted by Crippen LogP contribution is 2.19. The summed E-state index contributed by atoms with van der Waals surface area (Å²) in [4.78, 5) is 4.35. The molecule has 2 aromatic heterocycles. The number of aromatic nitrogens is 4. The van der Waals surface area contributed by atoms with Gasteiger partial charge in [0.05, 0.1) is 5.69 Å². The van der Waals surface area contributed by atoms with Crippen LogP contribution in [0.25, 0.3) is 16.8 Å². The number of aryl methyl sites for hydroxylation is 1. The molecule has 0 bridgehead atoms. The Labute approximate surface area is 91.7 Å². The lowest BCUT2D eigenvalue weighted by Gasteiger charge is -1.98. The lowest BCUT2D eigenvalue weighted by atomic mass is 10.3. The molecule has 0 aliphatic rings. The minimum absolute atomic E-state index is 0.760. The van der Waals surface area contributed by atoms with Crippen LogP contribution in [-0.2, 0) is 6.42 Å². The normalized spacial score (nSPS) is 11.1. The van der Waals surface area contributed by atoms with Crippen LogP contribution < -0.4 is 0 Å². The Kier molecular flexibility index (Phi) is 1.96. The molecule has 1 aromatic carbocycles. The van der Waals surface area contributed by atoms with Gasteiger partial charge in [0.1, 0.15) is 18.2 Å². The summed E-state index contributed by atoms with van der Waals surface area (Å²) in [6.45, 7) is 2.02. The van der Waals surface area contributed by atoms with Gasteiger partial charge in [-0.1, -0.05) is 6.92 Å². The molecule has 0 amide bonds. The molecule has 3 aromatic rings. The minimum Gasteiger partial charge on any atom is -0.441 e. The topological polar surface area (TPSA) is 56.7 Å². The smallest absolute Gasteiger partial charge is 0.195 e. The molecule has 0 aliphatic heterocycles. The van der Waals surface area contributed by atoms with E-state index in [1.54, 1.807) is 12.7 Å². The van der Waals surface area contributed by atoms with Crippen LogP contribution in [0.15, 0.2) is 35.3 Å². The molecule has 5 nitrogen and oxygen atoms in total. The van der Waals surface area contributed by atoms with Gasteiger partial charge in [0.2, 0.25) is 0 Å². The van der Waals surface area contributed by atoms with Crippen molar-refractivity contribution < 1.29 is 4.42 Å². The lowest BCUT2D eigenvalue weighted by Crippen LogP contribution is -1.88. The van der Waals surface area contributed by atoms with Gasteiger partial charge in [-0.25, -0.2) is 4.98 Å². The summed E-state index contributed by atoms with van der Waals surface area (Å²) < 4.78 is 7.42. The number of rotatable bonds is 2. The highest BCUT2D eigenvalue weighted by Gasteiger charge is 2.05. The lowest BCUT2D eigenvalue weighted by molar-refractivity contribution is 0.538. The van der Waals surface area contributed by atoms with E-state index in [0.29, 0.717) is 0 Å². The van der Waals surface area contributed by atoms with Crippen molar-refractivity contribution in [3.8, 4) is 5.69 Å². The fraction of sp³-hybridized carbons (Fsp3) is 0.182. The minimum atomic E-state index is 0.760. The first-order chi connectivity index (χ1) is 7.86. The van der Waals surface area contributed by atoms with Gasteiger partial charge >= 0.3 is 0 Å². The van der Waals surface area contributed by atoms with Crippen molar-refractivity contribution in [2.75, 3.05) is 0 Å². The second kappa shape index (κ2) is 3.44. The van der Waals surface area contributed by atoms with Crippen LogP contribution in [0.3, 0.4) is 0 Å². The molecule has 0 saturated heterocycles. The number of fused-ring (bicyclic) bond motifs is 1. The van der Waals surface area contributed by atoms with E-state index >= 15 is 0 Å². The molecule has 0 N–H and O–H groups in total. The van der Waals surface area contributed by atoms with Crippen LogP contribution in [0.5, 0.6) is 0 Å². The van der Waals surface area contributed by atoms with Crippen LogP contribution in [0, 0.1) is 0 Å². The van der Waals surface area contributed by atoms with E-state index in [0.717, 1.165) is 29.1 Å². The molecule has 0 saturated carbocycles. The van der Waals surface area contributed by atoms with Gasteiger partial charge in [-0.2, -0.15) is 0 Å². The van der Waals surface area contributed by atoms with Gasteiger partial charge in [0.25, 0.3) is 0 Å². The molecule has 0 fully saturated rings. The third-order valence-corrected chi connectivity index (χ3v) is 2.44. The van der Waals surface area contributed by atoms with Crippen molar-refractivity contribution >= 4 is 11.1 Å². The van der Waals surface area contributed by atoms with Gasteiger partial charge in [-0.15, -0.1) is 10.2 Å². The summed E-state index contributed by atoms with van der Waals surface area (Å²) in [5.41, 5.74) is 2.65. The predicted molar refractivity (Wildman–Crippen MR) is 58.3 cm³/mol. The SMILES string of the molecule is CCc1nc2ccc(-n3cnnc3)cc2o1. The highest BCUT2D eigenvalue weighted by atomic mass is 16.3. The molecule has 5 heteroatoms. The standard InChI is InChI=1S/C11H10N4O/c1-2-11-14-9-4-3-8(5-10(9)16-11)15-6-12-13-7-15/h3-7H,2H2,1H3. The Hall–Kier alpha value is -2.17. The number of nitrogens with zero attached hydrogens (tertiary/aromatic N) is 4. The summed E-state index contributed by atoms with van der Waals surface area (Å²) in [5, 5.41) is 7.53. The Morgan fingerprint density at radius 2 is 2.06 bits per heavy atom. The van der Waals surface area contributed by atoms with E-state index in [1.165, 1.54) is 0 Å². The van der Waals surface area contributed by atoms with Crippen molar-refractivity contribution in [3.05, 3.63) is 36.7 Å². The van der Waals surface area contributed by atoms with Crippen molar-refractivity contribution in [1.82, 2.24) is 19.7 Å². The van der Waals surface area contributed by atoms with Crippen LogP contribution in [0.2, 0.25) is 0 Å². The summed E-state index contributed by atoms with van der Waals surface area (Å²) in [6, 6.07) is 5.84. The van der Waals surface area contributed by atoms with Crippen molar-refractivity contribution in [2.24, 2.45) is 0 Å². The Balaban J connectivity index is 2.15. The zero-order chi connectivity index (χ0) is 11.0. The van der Waals surface area contributed by atoms with Gasteiger partial charge in [-0.05, 0) is 12.1 Å². The van der Waals surface area contributed by atoms with E-state index in [9.17, 15) is 0 Å². The second-order valence-electron chi connectivity index (χ2n) is 3.48. The van der Waals surface area contributed by atoms with E-state index in [4.69, 9.17) is 4.42 Å². The van der Waals surface area contributed by atoms with E-state index < -0.39 is 0 Å². The van der Waals surface area contributed by atoms with Crippen molar-refractivity contribution in [3.63, 3.8) is 0 Å². The molecule has 0 radical (unpaired) electrons. The maximum absolute atomic E-state index is 5.59. The largest absolute Gasteiger partial charge is 0.441 e. The third-order valence-electron chi connectivity index (χ3n) is 2.44. The number of hydrogen-bond donors (Lipinski definition) is 0. The first-order valence-corrected chi connectivity index (χ1v) is 5.11. The molecule has 0 atom stereocenters. The molecule has 0 aliphatic carbocycles. The molecule has 16 heavy (non-hydrogen) atoms. The summed E-state index contributed by atoms with van der Waals surface area (Å²) in [5.74, 6) is 0.760. The number of benzene rings is 1. The molecular formula is C11H10N4O. The fourth-order valence-corrected chi connectivity index (χ4v) is 1.61. The van der Waals surface area contributed by atoms with Crippen molar-refractivity contribution in [2.45, 2.75) is 13.3 Å². The van der Waals surface area contributed by atoms with E-state index in [1.807, 2.05) is 29.7 Å². The zero-order valence-corrected chi connectivity index (χ0v) is 8.79. The monoisotopic (exact) mass is 214 g/mol. The molecule has 3 rings (SSSR count). The summed E-state index contributed by atoms with van der Waals surface area (Å²) in [7, 11) is 0. The third kappa shape index (κ3) is 1.37. The fourth-order valence-electron chi connectivity index (χ4n) is 1.61. The second-order valence-corrected chi connectivity index (χ2v) is 3.48. The van der Waals surface area contributed by atoms with Crippen LogP contribution in [-0.4, -0.2) is 19.7 Å². The summed E-state index contributed by atoms with van der Waals surface area (Å²) in [6.07, 6.45) is 4.10. The maximum Gasteiger partial charge on any atom is 0.195 e. The van der Waals surface area contributed by atoms with Crippen LogP contribution >= 0.6 is 0 Å². The van der Waals surface area contributed by atoms with Gasteiger partial charge in [0, 0.05) is 12.5 Å². The Morgan fingerprint density at radius 1 is 1.25 bits per heavy atom. The Morgan fingerprint density at radius 3 is 2.81 bits per heavy atom. The quantitative estimate of drug-likeness (QED) is 0.654. The highest BCUT2D eigenvalue weighted by molar-refractivity contribution is 5.75. The Bertz CT molecular complexity index is 612. The van der Waals surface area contributed by atoms with Gasteiger partial charge < -0.3 is 4.42 Å². The van der Waals surface area contributed by atoms with Crippen molar-refractivity contribution in [1.29, 1.82) is 0 Å². The maximum atomic E-state index is 5.59. The average Bonchev–Trinajstić information content (AvgIpc) is 2.96. The molecular weight excluding hydrogens is 204 g/mol. The summed E-state index contributed by atoms with van der Waals surface area (Å²) >= 11 is 0. The van der Waals surface area contributed by atoms with Crippen LogP contribution in [0.4, 0.5) is 0 Å². The number of hydrogen-bond acceptors (Lipinski definition) is 4. The first-order valence-electron chi connectivity index (χ1n) is 5.11. The predicted octanol–water partition coefficient (Wildman–Crippen LogP) is 1.97. The van der Waals surface area contributed by atoms with E-state index in [-0.39, 0.29) is 0 Å². The molecule has 2 heterocycles. The van der Waals surface area contributed by atoms with Gasteiger partial charge in [0.15, 0.2) is 11.5 Å². The first kappa shape index (κ1) is 9.08. The molecule has 80 valence electrons. The number of oxazole rings is 1. The van der Waals surface area contributed by atoms with Gasteiger partial charge in [-0.3, -0.25) is 4.57 Å². The average molecular weight is 214 g/mol. The van der Waals surface area contributed by atoms with Crippen LogP contribution in [0.1, 0.15) is 12.8 Å².